The van der Waals surface area contributed by atoms with Crippen LogP contribution in [0.25, 0.3) is 0 Å². The lowest BCUT2D eigenvalue weighted by Gasteiger charge is -2.14. The summed E-state index contributed by atoms with van der Waals surface area (Å²) in [6.07, 6.45) is 5.05. The van der Waals surface area contributed by atoms with Crippen molar-refractivity contribution in [1.82, 2.24) is 0 Å². The summed E-state index contributed by atoms with van der Waals surface area (Å²) in [5.74, 6) is 0.344. The highest BCUT2D eigenvalue weighted by Gasteiger charge is 2.17. The second-order valence-corrected chi connectivity index (χ2v) is 5.92. The van der Waals surface area contributed by atoms with Crippen molar-refractivity contribution in [3.63, 3.8) is 0 Å². The molecule has 0 saturated heterocycles. The number of nitrogens with one attached hydrogen (secondary N) is 1. The summed E-state index contributed by atoms with van der Waals surface area (Å²) in [4.78, 5) is 0.197. The molecular weight excluding hydrogens is 315 g/mol. The zero-order chi connectivity index (χ0) is 13.1. The third-order valence-electron chi connectivity index (χ3n) is 3.40. The lowest BCUT2D eigenvalue weighted by molar-refractivity contribution is 0.573. The van der Waals surface area contributed by atoms with Crippen molar-refractivity contribution in [2.75, 3.05) is 11.9 Å². The Morgan fingerprint density at radius 3 is 2.72 bits per heavy atom. The van der Waals surface area contributed by atoms with E-state index in [0.29, 0.717) is 21.6 Å². The van der Waals surface area contributed by atoms with Gasteiger partial charge in [0.25, 0.3) is 0 Å². The minimum atomic E-state index is -0.321. The van der Waals surface area contributed by atoms with Gasteiger partial charge in [0.05, 0.1) is 10.2 Å². The number of nitrogens with two attached hydrogens (primary N) is 1. The molecule has 0 radical (unpaired) electrons. The highest BCUT2D eigenvalue weighted by Crippen LogP contribution is 2.29. The van der Waals surface area contributed by atoms with Crippen molar-refractivity contribution in [3.05, 3.63) is 28.0 Å². The van der Waals surface area contributed by atoms with Crippen LogP contribution >= 0.6 is 28.1 Å². The molecule has 0 spiro atoms. The molecule has 0 bridgehead atoms. The van der Waals surface area contributed by atoms with E-state index in [-0.39, 0.29) is 10.8 Å². The largest absolute Gasteiger partial charge is 0.389 e. The van der Waals surface area contributed by atoms with Gasteiger partial charge in [-0.25, -0.2) is 4.39 Å². The van der Waals surface area contributed by atoms with Crippen molar-refractivity contribution >= 4 is 38.8 Å². The lowest BCUT2D eigenvalue weighted by Crippen LogP contribution is -2.14. The van der Waals surface area contributed by atoms with Crippen molar-refractivity contribution in [3.8, 4) is 0 Å². The van der Waals surface area contributed by atoms with Crippen LogP contribution < -0.4 is 11.1 Å². The molecule has 98 valence electrons. The van der Waals surface area contributed by atoms with Crippen LogP contribution in [-0.4, -0.2) is 11.5 Å². The zero-order valence-electron chi connectivity index (χ0n) is 10.0. The van der Waals surface area contributed by atoms with Crippen molar-refractivity contribution in [2.24, 2.45) is 11.7 Å². The van der Waals surface area contributed by atoms with Crippen LogP contribution in [0.5, 0.6) is 0 Å². The van der Waals surface area contributed by atoms with E-state index < -0.39 is 0 Å². The third-order valence-corrected chi connectivity index (χ3v) is 4.40. The number of hydrogen-bond donors (Lipinski definition) is 2. The summed E-state index contributed by atoms with van der Waals surface area (Å²) < 4.78 is 14.4. The van der Waals surface area contributed by atoms with Crippen molar-refractivity contribution in [2.45, 2.75) is 25.7 Å². The minimum Gasteiger partial charge on any atom is -0.389 e. The maximum Gasteiger partial charge on any atom is 0.161 e. The molecule has 0 unspecified atom stereocenters. The second-order valence-electron chi connectivity index (χ2n) is 4.68. The fraction of sp³-hybridized carbons (Fsp3) is 0.462. The van der Waals surface area contributed by atoms with Gasteiger partial charge in [-0.15, -0.1) is 0 Å². The molecule has 1 saturated carbocycles. The zero-order valence-corrected chi connectivity index (χ0v) is 12.4. The molecule has 5 heteroatoms. The fourth-order valence-corrected chi connectivity index (χ4v) is 3.21. The molecule has 2 rings (SSSR count). The van der Waals surface area contributed by atoms with Gasteiger partial charge in [0.1, 0.15) is 4.99 Å². The first-order valence-corrected chi connectivity index (χ1v) is 7.31. The Labute approximate surface area is 120 Å². The topological polar surface area (TPSA) is 38.0 Å². The monoisotopic (exact) mass is 330 g/mol. The number of benzene rings is 1. The Hall–Kier alpha value is -0.680. The third kappa shape index (κ3) is 3.01. The van der Waals surface area contributed by atoms with Gasteiger partial charge in [0, 0.05) is 12.1 Å². The van der Waals surface area contributed by atoms with E-state index in [0.717, 1.165) is 6.54 Å². The molecule has 0 heterocycles. The summed E-state index contributed by atoms with van der Waals surface area (Å²) in [7, 11) is 0. The first-order chi connectivity index (χ1) is 8.59. The molecule has 3 N–H and O–H groups in total. The van der Waals surface area contributed by atoms with E-state index in [2.05, 4.69) is 21.2 Å². The van der Waals surface area contributed by atoms with E-state index in [1.807, 2.05) is 0 Å². The van der Waals surface area contributed by atoms with Gasteiger partial charge in [-0.3, -0.25) is 0 Å². The number of halogens is 2. The smallest absolute Gasteiger partial charge is 0.161 e. The van der Waals surface area contributed by atoms with Gasteiger partial charge in [-0.2, -0.15) is 0 Å². The normalized spacial score (nSPS) is 15.9. The predicted molar refractivity (Wildman–Crippen MR) is 80.4 cm³/mol. The average Bonchev–Trinajstić information content (AvgIpc) is 2.83. The van der Waals surface area contributed by atoms with E-state index in [9.17, 15) is 4.39 Å². The maximum absolute atomic E-state index is 14.1. The lowest BCUT2D eigenvalue weighted by atomic mass is 10.1. The number of thiocarbonyl (C=S) groups is 1. The SMILES string of the molecule is NC(=S)c1ccc(NCC2CCCC2)c(F)c1Br. The summed E-state index contributed by atoms with van der Waals surface area (Å²) in [6, 6.07) is 3.44. The summed E-state index contributed by atoms with van der Waals surface area (Å²) >= 11 is 8.07. The van der Waals surface area contributed by atoms with Crippen LogP contribution in [0.15, 0.2) is 16.6 Å². The van der Waals surface area contributed by atoms with E-state index in [1.165, 1.54) is 25.7 Å². The standard InChI is InChI=1S/C13H16BrFN2S/c14-11-9(13(16)18)5-6-10(12(11)15)17-7-8-3-1-2-4-8/h5-6,8,17H,1-4,7H2,(H2,16,18). The Morgan fingerprint density at radius 1 is 1.44 bits per heavy atom. The van der Waals surface area contributed by atoms with Crippen LogP contribution in [0, 0.1) is 11.7 Å². The fourth-order valence-electron chi connectivity index (χ4n) is 2.35. The molecule has 1 aliphatic rings. The molecule has 1 aromatic rings. The molecule has 18 heavy (non-hydrogen) atoms. The molecular formula is C13H16BrFN2S. The molecule has 1 fully saturated rings. The Balaban J connectivity index is 2.09. The van der Waals surface area contributed by atoms with Crippen LogP contribution in [0.3, 0.4) is 0 Å². The Bertz CT molecular complexity index is 459. The van der Waals surface area contributed by atoms with Gasteiger partial charge >= 0.3 is 0 Å². The summed E-state index contributed by atoms with van der Waals surface area (Å²) in [6.45, 7) is 0.829. The van der Waals surface area contributed by atoms with Crippen LogP contribution in [0.4, 0.5) is 10.1 Å². The molecule has 0 aromatic heterocycles. The summed E-state index contributed by atoms with van der Waals surface area (Å²) in [5, 5.41) is 3.17. The molecule has 0 aliphatic heterocycles. The van der Waals surface area contributed by atoms with E-state index in [4.69, 9.17) is 18.0 Å². The van der Waals surface area contributed by atoms with Gasteiger partial charge in [-0.1, -0.05) is 25.1 Å². The van der Waals surface area contributed by atoms with E-state index >= 15 is 0 Å². The molecule has 1 aliphatic carbocycles. The Kier molecular flexibility index (Phi) is 4.56. The number of anilines is 1. The van der Waals surface area contributed by atoms with E-state index in [1.54, 1.807) is 12.1 Å². The van der Waals surface area contributed by atoms with Crippen LogP contribution in [0.2, 0.25) is 0 Å². The predicted octanol–water partition coefficient (Wildman–Crippen LogP) is 3.82. The first-order valence-electron chi connectivity index (χ1n) is 6.11. The van der Waals surface area contributed by atoms with Gasteiger partial charge < -0.3 is 11.1 Å². The summed E-state index contributed by atoms with van der Waals surface area (Å²) in [5.41, 5.74) is 6.57. The molecule has 0 amide bonds. The second kappa shape index (κ2) is 5.97. The van der Waals surface area contributed by atoms with Crippen LogP contribution in [-0.2, 0) is 0 Å². The highest BCUT2D eigenvalue weighted by atomic mass is 79.9. The molecule has 0 atom stereocenters. The van der Waals surface area contributed by atoms with Gasteiger partial charge in [0.2, 0.25) is 0 Å². The van der Waals surface area contributed by atoms with Gasteiger partial charge in [0.15, 0.2) is 5.82 Å². The first kappa shape index (κ1) is 13.7. The maximum atomic E-state index is 14.1. The molecule has 1 aromatic carbocycles. The average molecular weight is 331 g/mol. The number of rotatable bonds is 4. The van der Waals surface area contributed by atoms with Gasteiger partial charge in [-0.05, 0) is 46.8 Å². The quantitative estimate of drug-likeness (QED) is 0.824. The Morgan fingerprint density at radius 2 is 2.11 bits per heavy atom. The van der Waals surface area contributed by atoms with Crippen molar-refractivity contribution in [1.29, 1.82) is 0 Å². The minimum absolute atomic E-state index is 0.197. The highest BCUT2D eigenvalue weighted by molar-refractivity contribution is 9.10. The molecule has 2 nitrogen and oxygen atoms in total. The van der Waals surface area contributed by atoms with Crippen LogP contribution in [0.1, 0.15) is 31.2 Å². The number of hydrogen-bond acceptors (Lipinski definition) is 2. The van der Waals surface area contributed by atoms with Crippen molar-refractivity contribution < 1.29 is 4.39 Å².